The van der Waals surface area contributed by atoms with Gasteiger partial charge in [-0.05, 0) is 49.6 Å². The van der Waals surface area contributed by atoms with E-state index in [0.29, 0.717) is 30.0 Å². The highest BCUT2D eigenvalue weighted by molar-refractivity contribution is 7.92. The van der Waals surface area contributed by atoms with E-state index < -0.39 is 34.3 Å². The van der Waals surface area contributed by atoms with E-state index in [1.807, 2.05) is 6.92 Å². The van der Waals surface area contributed by atoms with Crippen molar-refractivity contribution in [1.29, 1.82) is 0 Å². The molecule has 0 saturated carbocycles. The Morgan fingerprint density at radius 2 is 1.76 bits per heavy atom. The van der Waals surface area contributed by atoms with Gasteiger partial charge < -0.3 is 19.7 Å². The summed E-state index contributed by atoms with van der Waals surface area (Å²) in [6.45, 7) is 5.27. The maximum atomic E-state index is 13.7. The second-order valence-corrected chi connectivity index (χ2v) is 10.8. The lowest BCUT2D eigenvalue weighted by atomic mass is 10.1. The maximum Gasteiger partial charge on any atom is 0.244 e. The highest BCUT2D eigenvalue weighted by Crippen LogP contribution is 2.36. The molecule has 202 valence electrons. The van der Waals surface area contributed by atoms with Gasteiger partial charge in [-0.2, -0.15) is 0 Å². The summed E-state index contributed by atoms with van der Waals surface area (Å²) >= 11 is 0. The van der Waals surface area contributed by atoms with E-state index in [0.717, 1.165) is 17.1 Å². The molecule has 0 saturated heterocycles. The number of carbonyl (C=O) groups excluding carboxylic acids is 2. The van der Waals surface area contributed by atoms with Crippen LogP contribution in [-0.4, -0.2) is 56.8 Å². The molecule has 11 heteroatoms. The molecular weight excluding hydrogens is 501 g/mol. The predicted octanol–water partition coefficient (Wildman–Crippen LogP) is 3.43. The fourth-order valence-electron chi connectivity index (χ4n) is 3.97. The molecule has 0 radical (unpaired) electrons. The first-order valence-electron chi connectivity index (χ1n) is 12.4. The summed E-state index contributed by atoms with van der Waals surface area (Å²) in [4.78, 5) is 28.1. The topological polar surface area (TPSA) is 105 Å². The van der Waals surface area contributed by atoms with E-state index in [1.54, 1.807) is 19.1 Å². The highest BCUT2D eigenvalue weighted by Gasteiger charge is 2.33. The average Bonchev–Trinajstić information content (AvgIpc) is 3.36. The quantitative estimate of drug-likeness (QED) is 0.394. The lowest BCUT2D eigenvalue weighted by Crippen LogP contribution is -2.52. The van der Waals surface area contributed by atoms with Crippen LogP contribution in [0.2, 0.25) is 0 Å². The molecule has 1 aliphatic heterocycles. The molecule has 3 rings (SSSR count). The lowest BCUT2D eigenvalue weighted by Gasteiger charge is -2.33. The van der Waals surface area contributed by atoms with Crippen LogP contribution in [0.3, 0.4) is 0 Å². The number of hydrogen-bond donors (Lipinski definition) is 1. The Hall–Kier alpha value is -3.34. The molecule has 37 heavy (non-hydrogen) atoms. The Bertz CT molecular complexity index is 1190. The Balaban J connectivity index is 1.94. The number of carbonyl (C=O) groups is 2. The third-order valence-corrected chi connectivity index (χ3v) is 7.85. The Morgan fingerprint density at radius 1 is 1.05 bits per heavy atom. The van der Waals surface area contributed by atoms with Crippen molar-refractivity contribution in [1.82, 2.24) is 10.2 Å². The molecule has 0 aromatic heterocycles. The molecule has 2 aromatic rings. The molecule has 1 aliphatic rings. The van der Waals surface area contributed by atoms with Gasteiger partial charge in [-0.15, -0.1) is 0 Å². The van der Waals surface area contributed by atoms with Gasteiger partial charge in [-0.3, -0.25) is 13.9 Å². The second kappa shape index (κ2) is 12.8. The summed E-state index contributed by atoms with van der Waals surface area (Å²) in [5, 5.41) is 2.86. The first kappa shape index (κ1) is 28.2. The number of rotatable bonds is 13. The number of ether oxygens (including phenoxy) is 2. The lowest BCUT2D eigenvalue weighted by molar-refractivity contribution is -0.140. The average molecular weight is 536 g/mol. The van der Waals surface area contributed by atoms with Crippen LogP contribution in [0.5, 0.6) is 11.5 Å². The number of unbranched alkanes of at least 4 members (excludes halogenated alkanes) is 1. The predicted molar refractivity (Wildman–Crippen MR) is 138 cm³/mol. The van der Waals surface area contributed by atoms with Crippen LogP contribution >= 0.6 is 0 Å². The molecular formula is C26H34FN3O6S. The molecule has 0 fully saturated rings. The van der Waals surface area contributed by atoms with Gasteiger partial charge in [-0.25, -0.2) is 12.8 Å². The number of nitrogens with zero attached hydrogens (tertiary/aromatic N) is 2. The standard InChI is InChI=1S/C26H34FN3O6S/c1-4-7-14-28-26(32)22(5-2)29(16-19-8-10-20(27)11-9-19)25(31)17-30(37(33,34)6-3)21-12-13-23-24(15-21)36-18-35-23/h8-13,15,22H,4-7,14,16-18H2,1-3H3,(H,28,32)/t22-/m0/s1. The summed E-state index contributed by atoms with van der Waals surface area (Å²) in [5.41, 5.74) is 0.865. The van der Waals surface area contributed by atoms with Crippen LogP contribution in [0.25, 0.3) is 0 Å². The van der Waals surface area contributed by atoms with E-state index in [4.69, 9.17) is 9.47 Å². The summed E-state index contributed by atoms with van der Waals surface area (Å²) < 4.78 is 51.4. The minimum Gasteiger partial charge on any atom is -0.454 e. The van der Waals surface area contributed by atoms with Crippen molar-refractivity contribution in [2.75, 3.05) is 29.9 Å². The molecule has 0 bridgehead atoms. The van der Waals surface area contributed by atoms with Crippen molar-refractivity contribution >= 4 is 27.5 Å². The monoisotopic (exact) mass is 535 g/mol. The zero-order valence-electron chi connectivity index (χ0n) is 21.4. The molecule has 1 atom stereocenters. The van der Waals surface area contributed by atoms with E-state index in [-0.39, 0.29) is 30.7 Å². The third kappa shape index (κ3) is 7.12. The van der Waals surface area contributed by atoms with Crippen molar-refractivity contribution in [3.8, 4) is 11.5 Å². The second-order valence-electron chi connectivity index (χ2n) is 8.66. The van der Waals surface area contributed by atoms with Crippen LogP contribution in [0.1, 0.15) is 45.6 Å². The van der Waals surface area contributed by atoms with Crippen molar-refractivity contribution in [3.63, 3.8) is 0 Å². The Kier molecular flexibility index (Phi) is 9.73. The van der Waals surface area contributed by atoms with Crippen LogP contribution < -0.4 is 19.1 Å². The molecule has 0 aliphatic carbocycles. The van der Waals surface area contributed by atoms with Gasteiger partial charge >= 0.3 is 0 Å². The van der Waals surface area contributed by atoms with Crippen LogP contribution in [0, 0.1) is 5.82 Å². The molecule has 0 spiro atoms. The van der Waals surface area contributed by atoms with Crippen LogP contribution in [0.15, 0.2) is 42.5 Å². The van der Waals surface area contributed by atoms with E-state index in [9.17, 15) is 22.4 Å². The fourth-order valence-corrected chi connectivity index (χ4v) is 5.03. The SMILES string of the molecule is CCCCNC(=O)[C@H](CC)N(Cc1ccc(F)cc1)C(=O)CN(c1ccc2c(c1)OCO2)S(=O)(=O)CC. The summed E-state index contributed by atoms with van der Waals surface area (Å²) in [6.07, 6.45) is 2.00. The first-order chi connectivity index (χ1) is 17.7. The number of benzene rings is 2. The van der Waals surface area contributed by atoms with Gasteiger partial charge in [-0.1, -0.05) is 32.4 Å². The molecule has 0 unspecified atom stereocenters. The smallest absolute Gasteiger partial charge is 0.244 e. The fraction of sp³-hybridized carbons (Fsp3) is 0.462. The number of nitrogens with one attached hydrogen (secondary N) is 1. The van der Waals surface area contributed by atoms with Gasteiger partial charge in [0.25, 0.3) is 0 Å². The van der Waals surface area contributed by atoms with E-state index in [1.165, 1.54) is 42.2 Å². The molecule has 2 aromatic carbocycles. The zero-order valence-corrected chi connectivity index (χ0v) is 22.2. The summed E-state index contributed by atoms with van der Waals surface area (Å²) in [5.74, 6) is -0.672. The minimum absolute atomic E-state index is 0.0139. The largest absolute Gasteiger partial charge is 0.454 e. The van der Waals surface area contributed by atoms with Crippen LogP contribution in [0.4, 0.5) is 10.1 Å². The number of anilines is 1. The van der Waals surface area contributed by atoms with E-state index >= 15 is 0 Å². The van der Waals surface area contributed by atoms with Crippen molar-refractivity contribution in [2.24, 2.45) is 0 Å². The van der Waals surface area contributed by atoms with Crippen molar-refractivity contribution in [2.45, 2.75) is 52.6 Å². The minimum atomic E-state index is -3.87. The highest BCUT2D eigenvalue weighted by atomic mass is 32.2. The normalized spacial score (nSPS) is 13.2. The van der Waals surface area contributed by atoms with Gasteiger partial charge in [0.15, 0.2) is 11.5 Å². The summed E-state index contributed by atoms with van der Waals surface area (Å²) in [7, 11) is -3.87. The molecule has 1 N–H and O–H groups in total. The number of amides is 2. The molecule has 9 nitrogen and oxygen atoms in total. The Labute approximate surface area is 217 Å². The zero-order chi connectivity index (χ0) is 27.0. The molecule has 1 heterocycles. The van der Waals surface area contributed by atoms with Crippen LogP contribution in [-0.2, 0) is 26.2 Å². The number of fused-ring (bicyclic) bond motifs is 1. The van der Waals surface area contributed by atoms with Gasteiger partial charge in [0.1, 0.15) is 18.4 Å². The van der Waals surface area contributed by atoms with Crippen molar-refractivity contribution < 1.29 is 31.9 Å². The van der Waals surface area contributed by atoms with Gasteiger partial charge in [0, 0.05) is 19.2 Å². The van der Waals surface area contributed by atoms with E-state index in [2.05, 4.69) is 5.32 Å². The summed E-state index contributed by atoms with van der Waals surface area (Å²) in [6, 6.07) is 9.45. The van der Waals surface area contributed by atoms with Gasteiger partial charge in [0.2, 0.25) is 28.6 Å². The molecule has 2 amide bonds. The Morgan fingerprint density at radius 3 is 2.41 bits per heavy atom. The number of sulfonamides is 1. The number of halogens is 1. The number of hydrogen-bond acceptors (Lipinski definition) is 6. The third-order valence-electron chi connectivity index (χ3n) is 6.11. The van der Waals surface area contributed by atoms with Crippen molar-refractivity contribution in [3.05, 3.63) is 53.8 Å². The maximum absolute atomic E-state index is 13.7. The van der Waals surface area contributed by atoms with Gasteiger partial charge in [0.05, 0.1) is 11.4 Å². The first-order valence-corrected chi connectivity index (χ1v) is 14.0.